The lowest BCUT2D eigenvalue weighted by molar-refractivity contribution is -0.124. The molecule has 0 saturated carbocycles. The topological polar surface area (TPSA) is 34.1 Å². The van der Waals surface area contributed by atoms with Gasteiger partial charge in [-0.1, -0.05) is 50.1 Å². The van der Waals surface area contributed by atoms with Gasteiger partial charge in [-0.05, 0) is 18.9 Å². The minimum Gasteiger partial charge on any atom is -0.300 e. The highest BCUT2D eigenvalue weighted by molar-refractivity contribution is 5.91. The maximum atomic E-state index is 12.2. The maximum absolute atomic E-state index is 12.2. The number of Topliss-reactive ketones (excluding diaryl/α,β-unsaturated/α-hetero) is 2. The Morgan fingerprint density at radius 2 is 1.78 bits per heavy atom. The fraction of sp³-hybridized carbons (Fsp3) is 0.500. The number of carbonyl (C=O) groups is 2. The minimum absolute atomic E-state index is 0.0766. The Morgan fingerprint density at radius 3 is 2.33 bits per heavy atom. The van der Waals surface area contributed by atoms with Gasteiger partial charge < -0.3 is 0 Å². The lowest BCUT2D eigenvalue weighted by Gasteiger charge is -2.14. The van der Waals surface area contributed by atoms with Gasteiger partial charge in [-0.2, -0.15) is 0 Å². The number of rotatable bonds is 8. The molecule has 0 radical (unpaired) electrons. The van der Waals surface area contributed by atoms with Crippen molar-refractivity contribution in [2.24, 2.45) is 0 Å². The highest BCUT2D eigenvalue weighted by Crippen LogP contribution is 2.23. The molecule has 1 aromatic carbocycles. The molecule has 2 nitrogen and oxygen atoms in total. The van der Waals surface area contributed by atoms with Crippen LogP contribution >= 0.6 is 0 Å². The summed E-state index contributed by atoms with van der Waals surface area (Å²) in [5, 5.41) is 0. The van der Waals surface area contributed by atoms with Crippen molar-refractivity contribution >= 4 is 11.6 Å². The molecule has 0 aromatic heterocycles. The van der Waals surface area contributed by atoms with Crippen LogP contribution in [0.2, 0.25) is 0 Å². The summed E-state index contributed by atoms with van der Waals surface area (Å²) in [7, 11) is 0. The number of hydrogen-bond acceptors (Lipinski definition) is 2. The lowest BCUT2D eigenvalue weighted by atomic mass is 9.88. The summed E-state index contributed by atoms with van der Waals surface area (Å²) in [6.07, 6.45) is 4.02. The zero-order valence-corrected chi connectivity index (χ0v) is 11.3. The van der Waals surface area contributed by atoms with E-state index in [0.29, 0.717) is 12.8 Å². The minimum atomic E-state index is -0.249. The van der Waals surface area contributed by atoms with E-state index in [-0.39, 0.29) is 17.5 Å². The van der Waals surface area contributed by atoms with Crippen molar-refractivity contribution < 1.29 is 9.59 Å². The highest BCUT2D eigenvalue weighted by Gasteiger charge is 2.21. The molecule has 1 aromatic rings. The van der Waals surface area contributed by atoms with Crippen molar-refractivity contribution in [3.8, 4) is 0 Å². The molecule has 0 aliphatic heterocycles. The van der Waals surface area contributed by atoms with Crippen LogP contribution in [0.4, 0.5) is 0 Å². The normalized spacial score (nSPS) is 12.1. The first-order chi connectivity index (χ1) is 8.65. The molecule has 1 atom stereocenters. The molecule has 18 heavy (non-hydrogen) atoms. The van der Waals surface area contributed by atoms with Crippen LogP contribution < -0.4 is 0 Å². The summed E-state index contributed by atoms with van der Waals surface area (Å²) >= 11 is 0. The second-order valence-corrected chi connectivity index (χ2v) is 4.79. The van der Waals surface area contributed by atoms with E-state index in [1.807, 2.05) is 30.3 Å². The Kier molecular flexibility index (Phi) is 6.34. The van der Waals surface area contributed by atoms with Gasteiger partial charge in [0.05, 0.1) is 0 Å². The van der Waals surface area contributed by atoms with Crippen molar-refractivity contribution in [1.29, 1.82) is 0 Å². The van der Waals surface area contributed by atoms with Gasteiger partial charge in [-0.25, -0.2) is 0 Å². The van der Waals surface area contributed by atoms with E-state index in [0.717, 1.165) is 24.8 Å². The van der Waals surface area contributed by atoms with Crippen molar-refractivity contribution in [2.45, 2.75) is 51.9 Å². The molecule has 0 aliphatic carbocycles. The smallest absolute Gasteiger partial charge is 0.140 e. The number of benzene rings is 1. The number of ketones is 2. The summed E-state index contributed by atoms with van der Waals surface area (Å²) in [4.78, 5) is 23.5. The Balaban J connectivity index is 2.72. The van der Waals surface area contributed by atoms with Crippen molar-refractivity contribution in [3.63, 3.8) is 0 Å². The van der Waals surface area contributed by atoms with Gasteiger partial charge in [-0.3, -0.25) is 9.59 Å². The van der Waals surface area contributed by atoms with Crippen LogP contribution in [-0.4, -0.2) is 11.6 Å². The van der Waals surface area contributed by atoms with Gasteiger partial charge in [-0.15, -0.1) is 0 Å². The second-order valence-electron chi connectivity index (χ2n) is 4.79. The molecule has 0 spiro atoms. The number of carbonyl (C=O) groups excluding carboxylic acids is 2. The Labute approximate surface area is 109 Å². The third-order valence-electron chi connectivity index (χ3n) is 3.11. The average Bonchev–Trinajstić information content (AvgIpc) is 2.37. The van der Waals surface area contributed by atoms with E-state index in [1.54, 1.807) is 6.92 Å². The van der Waals surface area contributed by atoms with Gasteiger partial charge in [0.2, 0.25) is 0 Å². The van der Waals surface area contributed by atoms with E-state index in [4.69, 9.17) is 0 Å². The first-order valence-corrected chi connectivity index (χ1v) is 6.72. The number of unbranched alkanes of at least 4 members (excludes halogenated alkanes) is 2. The SMILES string of the molecule is CCCCCC(=O)C(CC(C)=O)c1ccccc1. The van der Waals surface area contributed by atoms with Crippen LogP contribution in [0.3, 0.4) is 0 Å². The van der Waals surface area contributed by atoms with E-state index in [2.05, 4.69) is 6.92 Å². The monoisotopic (exact) mass is 246 g/mol. The second kappa shape index (κ2) is 7.80. The van der Waals surface area contributed by atoms with Crippen LogP contribution in [0.1, 0.15) is 57.4 Å². The quantitative estimate of drug-likeness (QED) is 0.652. The third-order valence-corrected chi connectivity index (χ3v) is 3.11. The molecule has 98 valence electrons. The van der Waals surface area contributed by atoms with Crippen molar-refractivity contribution in [2.75, 3.05) is 0 Å². The molecule has 0 heterocycles. The standard InChI is InChI=1S/C16H22O2/c1-3-4-6-11-16(18)15(12-13(2)17)14-9-7-5-8-10-14/h5,7-10,15H,3-4,6,11-12H2,1-2H3. The summed E-state index contributed by atoms with van der Waals surface area (Å²) in [5.74, 6) is 0.0260. The molecule has 0 amide bonds. The zero-order valence-electron chi connectivity index (χ0n) is 11.3. The van der Waals surface area contributed by atoms with Gasteiger partial charge in [0.1, 0.15) is 11.6 Å². The molecule has 0 fully saturated rings. The molecule has 0 bridgehead atoms. The molecular weight excluding hydrogens is 224 g/mol. The van der Waals surface area contributed by atoms with E-state index >= 15 is 0 Å². The van der Waals surface area contributed by atoms with E-state index in [1.165, 1.54) is 0 Å². The summed E-state index contributed by atoms with van der Waals surface area (Å²) < 4.78 is 0. The number of hydrogen-bond donors (Lipinski definition) is 0. The van der Waals surface area contributed by atoms with Crippen molar-refractivity contribution in [3.05, 3.63) is 35.9 Å². The van der Waals surface area contributed by atoms with E-state index in [9.17, 15) is 9.59 Å². The van der Waals surface area contributed by atoms with Crippen molar-refractivity contribution in [1.82, 2.24) is 0 Å². The summed E-state index contributed by atoms with van der Waals surface area (Å²) in [5.41, 5.74) is 0.967. The van der Waals surface area contributed by atoms with Gasteiger partial charge in [0, 0.05) is 18.8 Å². The average molecular weight is 246 g/mol. The maximum Gasteiger partial charge on any atom is 0.140 e. The molecule has 0 saturated heterocycles. The fourth-order valence-electron chi connectivity index (χ4n) is 2.11. The molecule has 0 aliphatic rings. The highest BCUT2D eigenvalue weighted by atomic mass is 16.1. The third kappa shape index (κ3) is 4.82. The van der Waals surface area contributed by atoms with Crippen LogP contribution in [0.15, 0.2) is 30.3 Å². The fourth-order valence-corrected chi connectivity index (χ4v) is 2.11. The first-order valence-electron chi connectivity index (χ1n) is 6.72. The summed E-state index contributed by atoms with van der Waals surface area (Å²) in [6, 6.07) is 9.64. The predicted octanol–water partition coefficient (Wildman–Crippen LogP) is 3.90. The molecule has 1 unspecified atom stereocenters. The Hall–Kier alpha value is -1.44. The first kappa shape index (κ1) is 14.6. The van der Waals surface area contributed by atoms with Gasteiger partial charge in [0.25, 0.3) is 0 Å². The molecule has 2 heteroatoms. The van der Waals surface area contributed by atoms with E-state index < -0.39 is 0 Å². The summed E-state index contributed by atoms with van der Waals surface area (Å²) in [6.45, 7) is 3.67. The van der Waals surface area contributed by atoms with Crippen LogP contribution in [-0.2, 0) is 9.59 Å². The van der Waals surface area contributed by atoms with Gasteiger partial charge in [0.15, 0.2) is 0 Å². The van der Waals surface area contributed by atoms with Crippen LogP contribution in [0, 0.1) is 0 Å². The molecule has 0 N–H and O–H groups in total. The molecular formula is C16H22O2. The largest absolute Gasteiger partial charge is 0.300 e. The predicted molar refractivity (Wildman–Crippen MR) is 73.6 cm³/mol. The lowest BCUT2D eigenvalue weighted by Crippen LogP contribution is -2.15. The Morgan fingerprint density at radius 1 is 1.11 bits per heavy atom. The van der Waals surface area contributed by atoms with Crippen LogP contribution in [0.25, 0.3) is 0 Å². The Bertz CT molecular complexity index is 381. The zero-order chi connectivity index (χ0) is 13.4. The van der Waals surface area contributed by atoms with Crippen LogP contribution in [0.5, 0.6) is 0 Å². The molecule has 1 rings (SSSR count). The van der Waals surface area contributed by atoms with Gasteiger partial charge >= 0.3 is 0 Å².